The van der Waals surface area contributed by atoms with Gasteiger partial charge in [-0.05, 0) is 36.6 Å². The molecule has 2 aromatic rings. The number of ether oxygens (including phenoxy) is 1. The zero-order valence-electron chi connectivity index (χ0n) is 18.9. The van der Waals surface area contributed by atoms with Gasteiger partial charge >= 0.3 is 30.2 Å². The number of hydrogen-bond donors (Lipinski definition) is 0. The van der Waals surface area contributed by atoms with Gasteiger partial charge in [0.05, 0.1) is 11.3 Å². The first-order valence-electron chi connectivity index (χ1n) is 11.0. The lowest BCUT2D eigenvalue weighted by molar-refractivity contribution is -0.343. The predicted molar refractivity (Wildman–Crippen MR) is 113 cm³/mol. The third kappa shape index (κ3) is 6.91. The van der Waals surface area contributed by atoms with Crippen LogP contribution in [-0.4, -0.2) is 41.8 Å². The molecule has 0 saturated heterocycles. The van der Waals surface area contributed by atoms with E-state index < -0.39 is 36.8 Å². The normalized spacial score (nSPS) is 12.7. The van der Waals surface area contributed by atoms with Crippen molar-refractivity contribution in [1.82, 2.24) is 4.98 Å². The Bertz CT molecular complexity index is 947. The van der Waals surface area contributed by atoms with E-state index in [-0.39, 0.29) is 5.56 Å². The van der Waals surface area contributed by atoms with Crippen molar-refractivity contribution in [3.05, 3.63) is 53.7 Å². The van der Waals surface area contributed by atoms with Crippen LogP contribution in [0.2, 0.25) is 0 Å². The van der Waals surface area contributed by atoms with Gasteiger partial charge in [0.25, 0.3) is 0 Å². The second-order valence-corrected chi connectivity index (χ2v) is 8.07. The van der Waals surface area contributed by atoms with Crippen molar-refractivity contribution in [2.75, 3.05) is 6.61 Å². The monoisotopic (exact) mass is 511 g/mol. The van der Waals surface area contributed by atoms with Crippen molar-refractivity contribution in [3.63, 3.8) is 0 Å². The predicted octanol–water partition coefficient (Wildman–Crippen LogP) is 7.59. The van der Waals surface area contributed by atoms with E-state index in [0.29, 0.717) is 11.3 Å². The molecule has 0 saturated carbocycles. The number of aromatic nitrogens is 1. The molecule has 0 spiro atoms. The van der Waals surface area contributed by atoms with Crippen LogP contribution in [0.4, 0.5) is 35.1 Å². The summed E-state index contributed by atoms with van der Waals surface area (Å²) in [5, 5.41) is 0. The van der Waals surface area contributed by atoms with E-state index in [1.54, 1.807) is 12.3 Å². The van der Waals surface area contributed by atoms with E-state index in [2.05, 4.69) is 16.6 Å². The summed E-state index contributed by atoms with van der Waals surface area (Å²) in [5.41, 5.74) is 1.84. The first-order valence-corrected chi connectivity index (χ1v) is 11.0. The number of nitrogens with zero attached hydrogens (tertiary/aromatic N) is 1. The quantitative estimate of drug-likeness (QED) is 0.158. The minimum absolute atomic E-state index is 0.336. The Morgan fingerprint density at radius 2 is 1.54 bits per heavy atom. The van der Waals surface area contributed by atoms with Crippen molar-refractivity contribution in [2.24, 2.45) is 0 Å². The Hall–Kier alpha value is -2.72. The molecule has 3 nitrogen and oxygen atoms in total. The molecule has 0 bridgehead atoms. The van der Waals surface area contributed by atoms with Gasteiger partial charge in [-0.25, -0.2) is 13.6 Å². The lowest BCUT2D eigenvalue weighted by Gasteiger charge is -2.31. The van der Waals surface area contributed by atoms with Crippen LogP contribution in [0, 0.1) is 0 Å². The molecule has 0 aliphatic heterocycles. The topological polar surface area (TPSA) is 39.2 Å². The lowest BCUT2D eigenvalue weighted by Crippen LogP contribution is -2.59. The van der Waals surface area contributed by atoms with E-state index in [1.165, 1.54) is 25.0 Å². The van der Waals surface area contributed by atoms with Crippen LogP contribution in [0.3, 0.4) is 0 Å². The van der Waals surface area contributed by atoms with Crippen LogP contribution < -0.4 is 0 Å². The number of halogens is 8. The summed E-state index contributed by atoms with van der Waals surface area (Å²) in [6.45, 7) is -0.369. The van der Waals surface area contributed by atoms with Gasteiger partial charge in [0, 0.05) is 11.8 Å². The molecule has 1 aromatic heterocycles. The number of carbonyl (C=O) groups excluding carboxylic acids is 1. The maximum absolute atomic E-state index is 13.5. The Kier molecular flexibility index (Phi) is 9.62. The van der Waals surface area contributed by atoms with Crippen LogP contribution in [0.5, 0.6) is 0 Å². The number of alkyl halides is 8. The van der Waals surface area contributed by atoms with Crippen LogP contribution in [-0.2, 0) is 11.2 Å². The molecule has 0 radical (unpaired) electrons. The van der Waals surface area contributed by atoms with Crippen LogP contribution in [0.15, 0.2) is 42.6 Å². The summed E-state index contributed by atoms with van der Waals surface area (Å²) < 4.78 is 108. The fraction of sp³-hybridized carbons (Fsp3) is 0.500. The molecular formula is C24H25F8NO2. The summed E-state index contributed by atoms with van der Waals surface area (Å²) >= 11 is 0. The minimum Gasteiger partial charge on any atom is -0.455 e. The molecule has 194 valence electrons. The van der Waals surface area contributed by atoms with Gasteiger partial charge in [-0.3, -0.25) is 4.98 Å². The summed E-state index contributed by atoms with van der Waals surface area (Å²) in [4.78, 5) is 16.2. The minimum atomic E-state index is -6.44. The van der Waals surface area contributed by atoms with Crippen molar-refractivity contribution in [2.45, 2.75) is 69.6 Å². The molecule has 0 amide bonds. The summed E-state index contributed by atoms with van der Waals surface area (Å²) in [6, 6.07) is 8.76. The molecule has 0 N–H and O–H groups in total. The van der Waals surface area contributed by atoms with Gasteiger partial charge in [-0.2, -0.15) is 26.3 Å². The van der Waals surface area contributed by atoms with Crippen molar-refractivity contribution >= 4 is 5.97 Å². The SMILES string of the molecule is CCCCCCCc1ccc(-c2ccc(C(=O)OCC(F)(F)C(F)(F)C(F)(F)C(F)F)cc2)nc1. The molecule has 0 unspecified atom stereocenters. The molecule has 0 aliphatic carbocycles. The third-order valence-electron chi connectivity index (χ3n) is 5.35. The summed E-state index contributed by atoms with van der Waals surface area (Å²) in [5.74, 6) is -20.0. The first-order chi connectivity index (χ1) is 16.3. The molecule has 11 heteroatoms. The summed E-state index contributed by atoms with van der Waals surface area (Å²) in [6.07, 6.45) is 3.27. The van der Waals surface area contributed by atoms with Gasteiger partial charge in [-0.1, -0.05) is 50.8 Å². The maximum Gasteiger partial charge on any atom is 0.381 e. The van der Waals surface area contributed by atoms with Gasteiger partial charge in [0.1, 0.15) is 0 Å². The molecule has 0 atom stereocenters. The van der Waals surface area contributed by atoms with E-state index in [9.17, 15) is 39.9 Å². The number of rotatable bonds is 13. The fourth-order valence-electron chi connectivity index (χ4n) is 3.16. The van der Waals surface area contributed by atoms with E-state index in [4.69, 9.17) is 0 Å². The zero-order chi connectivity index (χ0) is 26.3. The Labute approximate surface area is 197 Å². The second-order valence-electron chi connectivity index (χ2n) is 8.07. The van der Waals surface area contributed by atoms with Gasteiger partial charge in [-0.15, -0.1) is 0 Å². The van der Waals surface area contributed by atoms with E-state index in [0.717, 1.165) is 43.4 Å². The highest BCUT2D eigenvalue weighted by Gasteiger charge is 2.75. The van der Waals surface area contributed by atoms with Crippen LogP contribution in [0.1, 0.15) is 54.9 Å². The van der Waals surface area contributed by atoms with Crippen molar-refractivity contribution < 1.29 is 44.7 Å². The van der Waals surface area contributed by atoms with Crippen LogP contribution >= 0.6 is 0 Å². The molecule has 1 aromatic carbocycles. The van der Waals surface area contributed by atoms with Crippen molar-refractivity contribution in [1.29, 1.82) is 0 Å². The number of pyridine rings is 1. The number of unbranched alkanes of at least 4 members (excludes halogenated alkanes) is 4. The largest absolute Gasteiger partial charge is 0.455 e. The zero-order valence-corrected chi connectivity index (χ0v) is 18.9. The highest BCUT2D eigenvalue weighted by Crippen LogP contribution is 2.48. The maximum atomic E-state index is 13.5. The summed E-state index contributed by atoms with van der Waals surface area (Å²) in [7, 11) is 0. The van der Waals surface area contributed by atoms with Gasteiger partial charge in [0.15, 0.2) is 6.61 Å². The number of hydrogen-bond acceptors (Lipinski definition) is 3. The number of esters is 1. The lowest BCUT2D eigenvalue weighted by atomic mass is 10.0. The highest BCUT2D eigenvalue weighted by atomic mass is 19.4. The first kappa shape index (κ1) is 28.5. The standard InChI is InChI=1S/C24H25F8NO2/c1-2-3-4-5-6-7-16-8-13-19(33-14-16)17-9-11-18(12-10-17)20(34)35-15-22(27,28)24(31,32)23(29,30)21(25)26/h8-14,21H,2-7,15H2,1H3. The highest BCUT2D eigenvalue weighted by molar-refractivity contribution is 5.90. The number of carbonyl (C=O) groups is 1. The Morgan fingerprint density at radius 3 is 2.09 bits per heavy atom. The third-order valence-corrected chi connectivity index (χ3v) is 5.35. The molecule has 0 aliphatic rings. The molecular weight excluding hydrogens is 486 g/mol. The number of benzene rings is 1. The average molecular weight is 511 g/mol. The average Bonchev–Trinajstić information content (AvgIpc) is 2.82. The molecule has 0 fully saturated rings. The van der Waals surface area contributed by atoms with Gasteiger partial charge in [0.2, 0.25) is 0 Å². The van der Waals surface area contributed by atoms with Crippen molar-refractivity contribution in [3.8, 4) is 11.3 Å². The van der Waals surface area contributed by atoms with Crippen LogP contribution in [0.25, 0.3) is 11.3 Å². The van der Waals surface area contributed by atoms with Gasteiger partial charge < -0.3 is 4.74 Å². The second kappa shape index (κ2) is 11.8. The Morgan fingerprint density at radius 1 is 0.914 bits per heavy atom. The van der Waals surface area contributed by atoms with E-state index >= 15 is 0 Å². The molecule has 35 heavy (non-hydrogen) atoms. The molecule has 1 heterocycles. The fourth-order valence-corrected chi connectivity index (χ4v) is 3.16. The van der Waals surface area contributed by atoms with E-state index in [1.807, 2.05) is 6.07 Å². The molecule has 2 rings (SSSR count). The Balaban J connectivity index is 1.97. The smallest absolute Gasteiger partial charge is 0.381 e. The number of aryl methyl sites for hydroxylation is 1.